The highest BCUT2D eigenvalue weighted by Crippen LogP contribution is 2.25. The molecule has 3 aromatic rings. The number of benzene rings is 2. The molecule has 1 heterocycles. The molecule has 0 aliphatic rings. The number of rotatable bonds is 7. The SMILES string of the molecule is Cc1ccc(OC(=O)N(CCc2ccc(Nc3nc(C)cc(C)c3N)cc2)S(=O)[O-])cc1. The third-order valence-electron chi connectivity index (χ3n) is 4.82. The molecule has 0 radical (unpaired) electrons. The van der Waals surface area contributed by atoms with Gasteiger partial charge < -0.3 is 20.3 Å². The van der Waals surface area contributed by atoms with Gasteiger partial charge in [-0.25, -0.2) is 14.1 Å². The Morgan fingerprint density at radius 2 is 1.78 bits per heavy atom. The molecule has 1 amide bonds. The summed E-state index contributed by atoms with van der Waals surface area (Å²) < 4.78 is 28.9. The van der Waals surface area contributed by atoms with Crippen LogP contribution in [0.3, 0.4) is 0 Å². The number of amides is 1. The number of nitrogen functional groups attached to an aromatic ring is 1. The fraction of sp³-hybridized carbons (Fsp3) is 0.217. The topological polar surface area (TPSA) is 121 Å². The van der Waals surface area contributed by atoms with Gasteiger partial charge in [-0.15, -0.1) is 0 Å². The van der Waals surface area contributed by atoms with Crippen LogP contribution in [0.2, 0.25) is 0 Å². The number of carbonyl (C=O) groups excluding carboxylic acids is 1. The average Bonchev–Trinajstić information content (AvgIpc) is 2.74. The molecule has 168 valence electrons. The predicted molar refractivity (Wildman–Crippen MR) is 124 cm³/mol. The summed E-state index contributed by atoms with van der Waals surface area (Å²) in [7, 11) is 0. The Balaban J connectivity index is 1.62. The van der Waals surface area contributed by atoms with Crippen LogP contribution >= 0.6 is 0 Å². The molecule has 0 aliphatic carbocycles. The largest absolute Gasteiger partial charge is 0.755 e. The van der Waals surface area contributed by atoms with Gasteiger partial charge in [0, 0.05) is 17.9 Å². The van der Waals surface area contributed by atoms with Crippen LogP contribution in [0.5, 0.6) is 5.75 Å². The Bertz CT molecular complexity index is 1120. The van der Waals surface area contributed by atoms with Crippen molar-refractivity contribution in [3.05, 3.63) is 77.0 Å². The zero-order valence-electron chi connectivity index (χ0n) is 18.1. The number of nitrogens with two attached hydrogens (primary N) is 1. The molecule has 0 spiro atoms. The number of hydrogen-bond acceptors (Lipinski definition) is 7. The highest BCUT2D eigenvalue weighted by atomic mass is 32.2. The van der Waals surface area contributed by atoms with Gasteiger partial charge in [-0.05, 0) is 68.7 Å². The Kier molecular flexibility index (Phi) is 7.45. The maximum atomic E-state index is 12.3. The van der Waals surface area contributed by atoms with Crippen molar-refractivity contribution in [1.29, 1.82) is 0 Å². The molecule has 1 unspecified atom stereocenters. The summed E-state index contributed by atoms with van der Waals surface area (Å²) >= 11 is -2.75. The van der Waals surface area contributed by atoms with E-state index in [1.807, 2.05) is 51.1 Å². The molecular formula is C23H25N4O4S-. The predicted octanol–water partition coefficient (Wildman–Crippen LogP) is 4.17. The van der Waals surface area contributed by atoms with Crippen LogP contribution in [-0.2, 0) is 17.7 Å². The van der Waals surface area contributed by atoms with Gasteiger partial charge in [-0.1, -0.05) is 29.8 Å². The number of nitrogens with zero attached hydrogens (tertiary/aromatic N) is 2. The van der Waals surface area contributed by atoms with E-state index in [0.717, 1.165) is 28.1 Å². The maximum Gasteiger partial charge on any atom is 0.426 e. The lowest BCUT2D eigenvalue weighted by molar-refractivity contribution is 0.178. The van der Waals surface area contributed by atoms with Crippen LogP contribution in [0.1, 0.15) is 22.4 Å². The molecule has 8 nitrogen and oxygen atoms in total. The van der Waals surface area contributed by atoms with Crippen molar-refractivity contribution in [2.45, 2.75) is 27.2 Å². The third kappa shape index (κ3) is 6.05. The minimum atomic E-state index is -2.75. The fourth-order valence-corrected chi connectivity index (χ4v) is 3.45. The van der Waals surface area contributed by atoms with Gasteiger partial charge in [0.05, 0.1) is 17.0 Å². The fourth-order valence-electron chi connectivity index (χ4n) is 3.05. The van der Waals surface area contributed by atoms with Gasteiger partial charge in [-0.3, -0.25) is 4.21 Å². The first-order chi connectivity index (χ1) is 15.2. The number of aryl methyl sites for hydroxylation is 3. The number of aromatic nitrogens is 1. The standard InChI is InChI=1S/C23H26N4O4S/c1-15-4-10-20(11-5-15)31-23(28)27(32(29)30)13-12-18-6-8-19(9-7-18)26-22-21(24)16(2)14-17(3)25-22/h4-11,14H,12-13,24H2,1-3H3,(H,25,26)(H,29,30)/p-1. The third-order valence-corrected chi connectivity index (χ3v) is 5.52. The van der Waals surface area contributed by atoms with Crippen LogP contribution in [0, 0.1) is 20.8 Å². The van der Waals surface area contributed by atoms with E-state index in [4.69, 9.17) is 10.5 Å². The monoisotopic (exact) mass is 453 g/mol. The lowest BCUT2D eigenvalue weighted by atomic mass is 10.1. The summed E-state index contributed by atoms with van der Waals surface area (Å²) in [5, 5.41) is 3.19. The van der Waals surface area contributed by atoms with E-state index in [9.17, 15) is 13.6 Å². The first kappa shape index (κ1) is 23.2. The molecule has 3 N–H and O–H groups in total. The van der Waals surface area contributed by atoms with Crippen molar-refractivity contribution in [2.75, 3.05) is 17.6 Å². The smallest absolute Gasteiger partial charge is 0.426 e. The second kappa shape index (κ2) is 10.3. The molecule has 3 rings (SSSR count). The highest BCUT2D eigenvalue weighted by molar-refractivity contribution is 7.77. The molecule has 0 saturated heterocycles. The molecule has 1 atom stereocenters. The molecule has 1 aromatic heterocycles. The minimum absolute atomic E-state index is 0.0425. The van der Waals surface area contributed by atoms with E-state index in [1.165, 1.54) is 0 Å². The van der Waals surface area contributed by atoms with Crippen molar-refractivity contribution >= 4 is 34.6 Å². The summed E-state index contributed by atoms with van der Waals surface area (Å²) in [4.78, 5) is 16.7. The average molecular weight is 454 g/mol. The van der Waals surface area contributed by atoms with Crippen LogP contribution in [-0.4, -0.2) is 30.7 Å². The van der Waals surface area contributed by atoms with Crippen molar-refractivity contribution in [1.82, 2.24) is 9.29 Å². The molecule has 0 fully saturated rings. The van der Waals surface area contributed by atoms with Crippen molar-refractivity contribution in [2.24, 2.45) is 0 Å². The number of ether oxygens (including phenoxy) is 1. The van der Waals surface area contributed by atoms with E-state index < -0.39 is 17.4 Å². The summed E-state index contributed by atoms with van der Waals surface area (Å²) in [6.07, 6.45) is -0.613. The van der Waals surface area contributed by atoms with Gasteiger partial charge in [0.2, 0.25) is 0 Å². The lowest BCUT2D eigenvalue weighted by Crippen LogP contribution is -2.36. The molecule has 32 heavy (non-hydrogen) atoms. The van der Waals surface area contributed by atoms with E-state index in [-0.39, 0.29) is 12.3 Å². The van der Waals surface area contributed by atoms with Crippen molar-refractivity contribution in [3.8, 4) is 5.75 Å². The van der Waals surface area contributed by atoms with Gasteiger partial charge in [0.1, 0.15) is 5.75 Å². The van der Waals surface area contributed by atoms with Crippen molar-refractivity contribution in [3.63, 3.8) is 0 Å². The molecule has 0 aliphatic heterocycles. The summed E-state index contributed by atoms with van der Waals surface area (Å²) in [5.74, 6) is 0.868. The van der Waals surface area contributed by atoms with Crippen LogP contribution in [0.25, 0.3) is 0 Å². The van der Waals surface area contributed by atoms with Crippen LogP contribution in [0.4, 0.5) is 22.0 Å². The Morgan fingerprint density at radius 3 is 2.41 bits per heavy atom. The highest BCUT2D eigenvalue weighted by Gasteiger charge is 2.17. The van der Waals surface area contributed by atoms with Crippen LogP contribution < -0.4 is 15.8 Å². The van der Waals surface area contributed by atoms with Gasteiger partial charge in [0.25, 0.3) is 0 Å². The number of anilines is 3. The number of nitrogens with one attached hydrogen (secondary N) is 1. The van der Waals surface area contributed by atoms with Crippen LogP contribution in [0.15, 0.2) is 54.6 Å². The Labute approximate surface area is 189 Å². The maximum absolute atomic E-state index is 12.3. The van der Waals surface area contributed by atoms with E-state index in [0.29, 0.717) is 22.2 Å². The Hall–Kier alpha value is -3.43. The number of carbonyl (C=O) groups is 1. The number of hydrogen-bond donors (Lipinski definition) is 2. The number of pyridine rings is 1. The summed E-state index contributed by atoms with van der Waals surface area (Å²) in [5.41, 5.74) is 11.1. The minimum Gasteiger partial charge on any atom is -0.755 e. The molecule has 0 bridgehead atoms. The van der Waals surface area contributed by atoms with Gasteiger partial charge >= 0.3 is 6.09 Å². The zero-order valence-corrected chi connectivity index (χ0v) is 18.9. The Morgan fingerprint density at radius 1 is 1.12 bits per heavy atom. The van der Waals surface area contributed by atoms with E-state index >= 15 is 0 Å². The second-order valence-electron chi connectivity index (χ2n) is 7.41. The molecule has 9 heteroatoms. The van der Waals surface area contributed by atoms with Gasteiger partial charge in [-0.2, -0.15) is 0 Å². The van der Waals surface area contributed by atoms with Crippen molar-refractivity contribution < 1.29 is 18.3 Å². The molecule has 0 saturated carbocycles. The summed E-state index contributed by atoms with van der Waals surface area (Å²) in [6.45, 7) is 5.68. The first-order valence-electron chi connectivity index (χ1n) is 9.98. The second-order valence-corrected chi connectivity index (χ2v) is 8.29. The van der Waals surface area contributed by atoms with E-state index in [1.54, 1.807) is 24.3 Å². The summed E-state index contributed by atoms with van der Waals surface area (Å²) in [6, 6.07) is 16.1. The molecular weight excluding hydrogens is 428 g/mol. The van der Waals surface area contributed by atoms with E-state index in [2.05, 4.69) is 10.3 Å². The quantitative estimate of drug-likeness (QED) is 0.515. The molecule has 2 aromatic carbocycles. The lowest BCUT2D eigenvalue weighted by Gasteiger charge is -2.23. The zero-order chi connectivity index (χ0) is 23.3. The normalized spacial score (nSPS) is 11.6. The first-order valence-corrected chi connectivity index (χ1v) is 11.0. The van der Waals surface area contributed by atoms with Gasteiger partial charge in [0.15, 0.2) is 5.82 Å².